The van der Waals surface area contributed by atoms with Crippen LogP contribution in [-0.2, 0) is 16.1 Å². The highest BCUT2D eigenvalue weighted by Crippen LogP contribution is 2.42. The van der Waals surface area contributed by atoms with Crippen molar-refractivity contribution in [3.8, 4) is 0 Å². The zero-order valence-electron chi connectivity index (χ0n) is 10.7. The summed E-state index contributed by atoms with van der Waals surface area (Å²) in [7, 11) is 1.64. The van der Waals surface area contributed by atoms with E-state index in [1.54, 1.807) is 19.2 Å². The van der Waals surface area contributed by atoms with E-state index in [0.29, 0.717) is 24.4 Å². The highest BCUT2D eigenvalue weighted by atomic mass is 35.5. The van der Waals surface area contributed by atoms with Crippen molar-refractivity contribution in [1.82, 2.24) is 4.90 Å². The molecule has 1 amide bonds. The van der Waals surface area contributed by atoms with Gasteiger partial charge >= 0.3 is 5.97 Å². The van der Waals surface area contributed by atoms with Crippen LogP contribution in [0.2, 0.25) is 5.02 Å². The third-order valence-corrected chi connectivity index (χ3v) is 3.96. The monoisotopic (exact) mass is 281 g/mol. The number of nitrogens with zero attached hydrogens (tertiary/aromatic N) is 1. The Balaban J connectivity index is 2.07. The van der Waals surface area contributed by atoms with Gasteiger partial charge in [-0.3, -0.25) is 9.59 Å². The van der Waals surface area contributed by atoms with E-state index in [0.717, 1.165) is 12.0 Å². The van der Waals surface area contributed by atoms with Crippen LogP contribution in [0.3, 0.4) is 0 Å². The minimum absolute atomic E-state index is 0.304. The summed E-state index contributed by atoms with van der Waals surface area (Å²) >= 11 is 5.80. The van der Waals surface area contributed by atoms with Crippen molar-refractivity contribution < 1.29 is 14.7 Å². The van der Waals surface area contributed by atoms with Gasteiger partial charge in [0.1, 0.15) is 5.41 Å². The number of hydrogen-bond donors (Lipinski definition) is 1. The minimum Gasteiger partial charge on any atom is -0.480 e. The molecule has 1 aromatic rings. The van der Waals surface area contributed by atoms with Gasteiger partial charge in [0, 0.05) is 18.6 Å². The molecule has 0 saturated heterocycles. The summed E-state index contributed by atoms with van der Waals surface area (Å²) in [5.41, 5.74) is -0.263. The van der Waals surface area contributed by atoms with Crippen LogP contribution in [0.15, 0.2) is 24.3 Å². The van der Waals surface area contributed by atoms with Crippen molar-refractivity contribution in [2.45, 2.75) is 25.8 Å². The Morgan fingerprint density at radius 1 is 1.32 bits per heavy atom. The molecule has 1 aliphatic rings. The molecule has 1 N–H and O–H groups in total. The summed E-state index contributed by atoms with van der Waals surface area (Å²) in [5.74, 6) is -1.31. The van der Waals surface area contributed by atoms with Gasteiger partial charge in [-0.1, -0.05) is 30.2 Å². The number of benzene rings is 1. The number of aliphatic carboxylic acids is 1. The Morgan fingerprint density at radius 3 is 2.32 bits per heavy atom. The molecular weight excluding hydrogens is 266 g/mol. The molecule has 4 nitrogen and oxygen atoms in total. The second-order valence-corrected chi connectivity index (χ2v) is 5.46. The van der Waals surface area contributed by atoms with Crippen LogP contribution >= 0.6 is 11.6 Å². The number of hydrogen-bond acceptors (Lipinski definition) is 2. The van der Waals surface area contributed by atoms with Crippen molar-refractivity contribution in [3.05, 3.63) is 34.9 Å². The fourth-order valence-corrected chi connectivity index (χ4v) is 2.48. The van der Waals surface area contributed by atoms with Crippen LogP contribution in [-0.4, -0.2) is 28.9 Å². The van der Waals surface area contributed by atoms with Gasteiger partial charge in [-0.25, -0.2) is 0 Å². The standard InChI is InChI=1S/C14H16ClNO3/c1-16(9-10-3-5-11(15)6-4-10)12(17)14(13(18)19)7-2-8-14/h3-6H,2,7-9H2,1H3,(H,18,19). The Morgan fingerprint density at radius 2 is 1.89 bits per heavy atom. The third kappa shape index (κ3) is 2.59. The number of carboxylic acid groups (broad SMARTS) is 1. The first-order valence-corrected chi connectivity index (χ1v) is 6.57. The molecule has 0 radical (unpaired) electrons. The van der Waals surface area contributed by atoms with Gasteiger partial charge in [-0.15, -0.1) is 0 Å². The van der Waals surface area contributed by atoms with Gasteiger partial charge in [0.05, 0.1) is 0 Å². The summed E-state index contributed by atoms with van der Waals surface area (Å²) in [6, 6.07) is 7.18. The smallest absolute Gasteiger partial charge is 0.319 e. The fraction of sp³-hybridized carbons (Fsp3) is 0.429. The summed E-state index contributed by atoms with van der Waals surface area (Å²) in [6.45, 7) is 0.394. The highest BCUT2D eigenvalue weighted by molar-refractivity contribution is 6.30. The van der Waals surface area contributed by atoms with Crippen molar-refractivity contribution >= 4 is 23.5 Å². The fourth-order valence-electron chi connectivity index (χ4n) is 2.35. The van der Waals surface area contributed by atoms with E-state index < -0.39 is 11.4 Å². The van der Waals surface area contributed by atoms with Gasteiger partial charge in [-0.05, 0) is 30.5 Å². The molecule has 19 heavy (non-hydrogen) atoms. The van der Waals surface area contributed by atoms with Crippen LogP contribution < -0.4 is 0 Å². The molecule has 2 rings (SSSR count). The summed E-state index contributed by atoms with van der Waals surface area (Å²) in [4.78, 5) is 25.0. The lowest BCUT2D eigenvalue weighted by Crippen LogP contribution is -2.51. The van der Waals surface area contributed by atoms with Crippen LogP contribution in [0.4, 0.5) is 0 Å². The van der Waals surface area contributed by atoms with Gasteiger partial charge in [0.15, 0.2) is 0 Å². The summed E-state index contributed by atoms with van der Waals surface area (Å²) in [6.07, 6.45) is 1.67. The third-order valence-electron chi connectivity index (χ3n) is 3.71. The molecule has 1 fully saturated rings. The maximum absolute atomic E-state index is 12.3. The number of rotatable bonds is 4. The summed E-state index contributed by atoms with van der Waals surface area (Å²) in [5, 5.41) is 9.88. The van der Waals surface area contributed by atoms with Crippen LogP contribution in [0.5, 0.6) is 0 Å². The molecule has 0 bridgehead atoms. The van der Waals surface area contributed by atoms with E-state index in [9.17, 15) is 14.7 Å². The predicted octanol–water partition coefficient (Wildman–Crippen LogP) is 2.55. The van der Waals surface area contributed by atoms with Crippen molar-refractivity contribution in [3.63, 3.8) is 0 Å². The van der Waals surface area contributed by atoms with E-state index in [4.69, 9.17) is 11.6 Å². The first-order valence-electron chi connectivity index (χ1n) is 6.19. The molecule has 0 heterocycles. The molecular formula is C14H16ClNO3. The first kappa shape index (κ1) is 13.9. The van der Waals surface area contributed by atoms with E-state index in [1.165, 1.54) is 4.90 Å². The second kappa shape index (κ2) is 5.21. The van der Waals surface area contributed by atoms with Crippen LogP contribution in [0.25, 0.3) is 0 Å². The number of carbonyl (C=O) groups is 2. The molecule has 0 atom stereocenters. The zero-order valence-corrected chi connectivity index (χ0v) is 11.5. The lowest BCUT2D eigenvalue weighted by atomic mass is 9.68. The Kier molecular flexibility index (Phi) is 3.80. The molecule has 0 unspecified atom stereocenters. The molecule has 5 heteroatoms. The van der Waals surface area contributed by atoms with E-state index >= 15 is 0 Å². The van der Waals surface area contributed by atoms with Crippen LogP contribution in [0.1, 0.15) is 24.8 Å². The largest absolute Gasteiger partial charge is 0.480 e. The minimum atomic E-state index is -1.19. The first-order chi connectivity index (χ1) is 8.95. The quantitative estimate of drug-likeness (QED) is 0.863. The Bertz CT molecular complexity index is 494. The maximum Gasteiger partial charge on any atom is 0.319 e. The molecule has 1 aliphatic carbocycles. The SMILES string of the molecule is CN(Cc1ccc(Cl)cc1)C(=O)C1(C(=O)O)CCC1. The predicted molar refractivity (Wildman–Crippen MR) is 71.8 cm³/mol. The number of carbonyl (C=O) groups excluding carboxylic acids is 1. The Labute approximate surface area is 117 Å². The van der Waals surface area contributed by atoms with Gasteiger partial charge in [0.2, 0.25) is 5.91 Å². The lowest BCUT2D eigenvalue weighted by molar-refractivity contribution is -0.167. The van der Waals surface area contributed by atoms with Crippen LogP contribution in [0, 0.1) is 5.41 Å². The molecule has 1 saturated carbocycles. The van der Waals surface area contributed by atoms with Gasteiger partial charge in [0.25, 0.3) is 0 Å². The molecule has 102 valence electrons. The average molecular weight is 282 g/mol. The second-order valence-electron chi connectivity index (χ2n) is 5.03. The van der Waals surface area contributed by atoms with E-state index in [2.05, 4.69) is 0 Å². The molecule has 0 aromatic heterocycles. The van der Waals surface area contributed by atoms with Gasteiger partial charge < -0.3 is 10.0 Å². The highest BCUT2D eigenvalue weighted by Gasteiger charge is 2.52. The van der Waals surface area contributed by atoms with E-state index in [1.807, 2.05) is 12.1 Å². The Hall–Kier alpha value is -1.55. The van der Waals surface area contributed by atoms with Crippen molar-refractivity contribution in [2.75, 3.05) is 7.05 Å². The van der Waals surface area contributed by atoms with Gasteiger partial charge in [-0.2, -0.15) is 0 Å². The number of carboxylic acids is 1. The maximum atomic E-state index is 12.3. The lowest BCUT2D eigenvalue weighted by Gasteiger charge is -2.38. The van der Waals surface area contributed by atoms with Crippen molar-refractivity contribution in [1.29, 1.82) is 0 Å². The molecule has 0 spiro atoms. The average Bonchev–Trinajstić information content (AvgIpc) is 2.30. The molecule has 0 aliphatic heterocycles. The topological polar surface area (TPSA) is 57.6 Å². The summed E-state index contributed by atoms with van der Waals surface area (Å²) < 4.78 is 0. The number of amides is 1. The number of halogens is 1. The zero-order chi connectivity index (χ0) is 14.0. The van der Waals surface area contributed by atoms with Crippen molar-refractivity contribution in [2.24, 2.45) is 5.41 Å². The normalized spacial score (nSPS) is 16.5. The molecule has 1 aromatic carbocycles. The van der Waals surface area contributed by atoms with E-state index in [-0.39, 0.29) is 5.91 Å².